The lowest BCUT2D eigenvalue weighted by atomic mass is 10.1. The van der Waals surface area contributed by atoms with E-state index < -0.39 is 0 Å². The molecule has 1 aromatic heterocycles. The molecule has 1 heterocycles. The number of nitrogens with zero attached hydrogens (tertiary/aromatic N) is 1. The lowest BCUT2D eigenvalue weighted by Gasteiger charge is -1.94. The van der Waals surface area contributed by atoms with Crippen LogP contribution in [0.3, 0.4) is 0 Å². The highest BCUT2D eigenvalue weighted by Crippen LogP contribution is 2.40. The van der Waals surface area contributed by atoms with Gasteiger partial charge < -0.3 is 5.11 Å². The van der Waals surface area contributed by atoms with E-state index >= 15 is 0 Å². The van der Waals surface area contributed by atoms with Crippen molar-refractivity contribution in [1.29, 1.82) is 5.26 Å². The number of nitriles is 1. The van der Waals surface area contributed by atoms with Gasteiger partial charge in [0.1, 0.15) is 0 Å². The summed E-state index contributed by atoms with van der Waals surface area (Å²) in [4.78, 5) is 0. The number of hydrogen-bond acceptors (Lipinski definition) is 3. The maximum absolute atomic E-state index is 9.47. The standard InChI is InChI=1S/C10H6BrNOS/c11-9-7-2-1-6(3-4-12)5-8(7)14-10(9)13/h1-2,5,13H,3H2. The lowest BCUT2D eigenvalue weighted by molar-refractivity contribution is 0.488. The number of benzene rings is 1. The molecule has 4 heteroatoms. The summed E-state index contributed by atoms with van der Waals surface area (Å²) in [6.45, 7) is 0. The van der Waals surface area contributed by atoms with Crippen LogP contribution in [0.2, 0.25) is 0 Å². The Morgan fingerprint density at radius 2 is 2.29 bits per heavy atom. The van der Waals surface area contributed by atoms with Crippen LogP contribution in [0.25, 0.3) is 10.1 Å². The van der Waals surface area contributed by atoms with E-state index in [-0.39, 0.29) is 5.06 Å². The van der Waals surface area contributed by atoms with Crippen molar-refractivity contribution < 1.29 is 5.11 Å². The molecule has 0 radical (unpaired) electrons. The van der Waals surface area contributed by atoms with E-state index in [1.807, 2.05) is 18.2 Å². The van der Waals surface area contributed by atoms with Gasteiger partial charge in [0.05, 0.1) is 17.0 Å². The van der Waals surface area contributed by atoms with Crippen LogP contribution in [0, 0.1) is 11.3 Å². The van der Waals surface area contributed by atoms with Gasteiger partial charge in [0.2, 0.25) is 0 Å². The third-order valence-electron chi connectivity index (χ3n) is 1.96. The summed E-state index contributed by atoms with van der Waals surface area (Å²) in [6.07, 6.45) is 0.409. The fourth-order valence-corrected chi connectivity index (χ4v) is 2.92. The summed E-state index contributed by atoms with van der Waals surface area (Å²) in [5.74, 6) is 0. The second-order valence-corrected chi connectivity index (χ2v) is 4.71. The first kappa shape index (κ1) is 9.50. The Kier molecular flexibility index (Phi) is 2.44. The number of halogens is 1. The van der Waals surface area contributed by atoms with Gasteiger partial charge in [-0.05, 0) is 27.6 Å². The van der Waals surface area contributed by atoms with Crippen molar-refractivity contribution >= 4 is 37.4 Å². The van der Waals surface area contributed by atoms with Crippen LogP contribution in [0.1, 0.15) is 5.56 Å². The minimum absolute atomic E-state index is 0.286. The zero-order valence-electron chi connectivity index (χ0n) is 7.12. The monoisotopic (exact) mass is 267 g/mol. The van der Waals surface area contributed by atoms with Crippen LogP contribution in [-0.4, -0.2) is 5.11 Å². The van der Waals surface area contributed by atoms with Crippen LogP contribution in [-0.2, 0) is 6.42 Å². The zero-order valence-corrected chi connectivity index (χ0v) is 9.52. The van der Waals surface area contributed by atoms with Gasteiger partial charge in [0.15, 0.2) is 5.06 Å². The summed E-state index contributed by atoms with van der Waals surface area (Å²) in [5.41, 5.74) is 0.980. The Morgan fingerprint density at radius 1 is 1.50 bits per heavy atom. The smallest absolute Gasteiger partial charge is 0.186 e. The van der Waals surface area contributed by atoms with E-state index in [1.165, 1.54) is 11.3 Å². The normalized spacial score (nSPS) is 10.3. The molecular weight excluding hydrogens is 262 g/mol. The molecule has 1 aromatic carbocycles. The molecule has 0 aliphatic carbocycles. The van der Waals surface area contributed by atoms with Crippen LogP contribution < -0.4 is 0 Å². The van der Waals surface area contributed by atoms with Gasteiger partial charge in [-0.3, -0.25) is 0 Å². The van der Waals surface area contributed by atoms with E-state index in [2.05, 4.69) is 22.0 Å². The van der Waals surface area contributed by atoms with Crippen molar-refractivity contribution in [1.82, 2.24) is 0 Å². The van der Waals surface area contributed by atoms with Crippen molar-refractivity contribution in [3.8, 4) is 11.1 Å². The molecule has 2 aromatic rings. The molecule has 0 unspecified atom stereocenters. The SMILES string of the molecule is N#CCc1ccc2c(Br)c(O)sc2c1. The van der Waals surface area contributed by atoms with Crippen molar-refractivity contribution in [2.45, 2.75) is 6.42 Å². The van der Waals surface area contributed by atoms with E-state index in [0.717, 1.165) is 20.1 Å². The molecule has 70 valence electrons. The van der Waals surface area contributed by atoms with E-state index in [9.17, 15) is 5.11 Å². The molecular formula is C10H6BrNOS. The van der Waals surface area contributed by atoms with Gasteiger partial charge in [0.25, 0.3) is 0 Å². The topological polar surface area (TPSA) is 44.0 Å². The average Bonchev–Trinajstić information content (AvgIpc) is 2.43. The number of fused-ring (bicyclic) bond motifs is 1. The summed E-state index contributed by atoms with van der Waals surface area (Å²) in [6, 6.07) is 7.86. The maximum atomic E-state index is 9.47. The number of hydrogen-bond donors (Lipinski definition) is 1. The summed E-state index contributed by atoms with van der Waals surface area (Å²) < 4.78 is 1.74. The van der Waals surface area contributed by atoms with Crippen molar-refractivity contribution in [2.24, 2.45) is 0 Å². The molecule has 0 aliphatic heterocycles. The Bertz CT molecular complexity index is 527. The number of rotatable bonds is 1. The van der Waals surface area contributed by atoms with Gasteiger partial charge in [-0.15, -0.1) is 0 Å². The van der Waals surface area contributed by atoms with Gasteiger partial charge in [-0.1, -0.05) is 23.5 Å². The third kappa shape index (κ3) is 1.49. The van der Waals surface area contributed by atoms with E-state index in [0.29, 0.717) is 6.42 Å². The molecule has 0 saturated heterocycles. The van der Waals surface area contributed by atoms with Gasteiger partial charge >= 0.3 is 0 Å². The Hall–Kier alpha value is -1.05. The summed E-state index contributed by atoms with van der Waals surface area (Å²) >= 11 is 4.63. The third-order valence-corrected chi connectivity index (χ3v) is 3.98. The minimum atomic E-state index is 0.286. The first-order chi connectivity index (χ1) is 6.72. The molecule has 0 aliphatic rings. The van der Waals surface area contributed by atoms with Crippen LogP contribution >= 0.6 is 27.3 Å². The average molecular weight is 268 g/mol. The Morgan fingerprint density at radius 3 is 3.00 bits per heavy atom. The quantitative estimate of drug-likeness (QED) is 0.861. The second-order valence-electron chi connectivity index (χ2n) is 2.89. The molecule has 0 atom stereocenters. The van der Waals surface area contributed by atoms with Gasteiger partial charge in [-0.25, -0.2) is 0 Å². The highest BCUT2D eigenvalue weighted by Gasteiger charge is 2.08. The molecule has 2 rings (SSSR count). The van der Waals surface area contributed by atoms with Gasteiger partial charge in [-0.2, -0.15) is 5.26 Å². The van der Waals surface area contributed by atoms with Crippen LogP contribution in [0.5, 0.6) is 5.06 Å². The second kappa shape index (κ2) is 3.60. The molecule has 14 heavy (non-hydrogen) atoms. The molecule has 0 bridgehead atoms. The molecule has 0 fully saturated rings. The zero-order chi connectivity index (χ0) is 10.1. The minimum Gasteiger partial charge on any atom is -0.499 e. The first-order valence-electron chi connectivity index (χ1n) is 3.99. The van der Waals surface area contributed by atoms with Gasteiger partial charge in [0, 0.05) is 10.1 Å². The summed E-state index contributed by atoms with van der Waals surface area (Å²) in [5, 5.41) is 19.3. The molecule has 0 saturated carbocycles. The van der Waals surface area contributed by atoms with Crippen LogP contribution in [0.4, 0.5) is 0 Å². The molecule has 2 nitrogen and oxygen atoms in total. The fraction of sp³-hybridized carbons (Fsp3) is 0.100. The predicted octanol–water partition coefficient (Wildman–Crippen LogP) is 3.44. The lowest BCUT2D eigenvalue weighted by Crippen LogP contribution is -1.78. The molecule has 1 N–H and O–H groups in total. The van der Waals surface area contributed by atoms with Crippen LogP contribution in [0.15, 0.2) is 22.7 Å². The van der Waals surface area contributed by atoms with Crippen molar-refractivity contribution in [3.05, 3.63) is 28.2 Å². The highest BCUT2D eigenvalue weighted by molar-refractivity contribution is 9.10. The summed E-state index contributed by atoms with van der Waals surface area (Å²) in [7, 11) is 0. The van der Waals surface area contributed by atoms with E-state index in [4.69, 9.17) is 5.26 Å². The molecule has 0 amide bonds. The number of aromatic hydroxyl groups is 1. The van der Waals surface area contributed by atoms with Crippen molar-refractivity contribution in [3.63, 3.8) is 0 Å². The maximum Gasteiger partial charge on any atom is 0.186 e. The largest absolute Gasteiger partial charge is 0.499 e. The van der Waals surface area contributed by atoms with E-state index in [1.54, 1.807) is 0 Å². The first-order valence-corrected chi connectivity index (χ1v) is 5.60. The van der Waals surface area contributed by atoms with Crippen molar-refractivity contribution in [2.75, 3.05) is 0 Å². The molecule has 0 spiro atoms. The fourth-order valence-electron chi connectivity index (χ4n) is 1.30. The highest BCUT2D eigenvalue weighted by atomic mass is 79.9. The predicted molar refractivity (Wildman–Crippen MR) is 60.5 cm³/mol. The Balaban J connectivity index is 2.63. The Labute approximate surface area is 93.5 Å². The number of thiophene rings is 1.